The Kier molecular flexibility index (Phi) is 8.12. The van der Waals surface area contributed by atoms with Gasteiger partial charge in [0.1, 0.15) is 11.3 Å². The van der Waals surface area contributed by atoms with E-state index in [0.717, 1.165) is 16.8 Å². The average molecular weight is 776 g/mol. The van der Waals surface area contributed by atoms with E-state index in [1.807, 2.05) is 36.4 Å². The van der Waals surface area contributed by atoms with Gasteiger partial charge in [-0.25, -0.2) is 4.98 Å². The standard InChI is InChI=1S/C39H38N3O2.Pt/c1-23(2)28-16-11-17-29(24(3)4)36(28)42-37-35(30-15-7-8-18-31(30)39(37,5)6)41-38(42)26-13-9-14-27(22-26)44-33-21-20-25-12-10-19-32(43)34(25)40-33;/h7-21,23-24,35,37,43H,1-6H3;/q-1;/t35-,37-;/m0./s1. The van der Waals surface area contributed by atoms with Crippen LogP contribution in [0, 0.1) is 6.07 Å². The molecule has 5 nitrogen and oxygen atoms in total. The van der Waals surface area contributed by atoms with Crippen molar-refractivity contribution in [3.05, 3.63) is 125 Å². The first-order valence-electron chi connectivity index (χ1n) is 15.5. The second kappa shape index (κ2) is 11.8. The van der Waals surface area contributed by atoms with Gasteiger partial charge < -0.3 is 19.7 Å². The van der Waals surface area contributed by atoms with Gasteiger partial charge in [-0.1, -0.05) is 102 Å². The zero-order valence-corrected chi connectivity index (χ0v) is 28.8. The molecule has 0 saturated carbocycles. The van der Waals surface area contributed by atoms with E-state index in [-0.39, 0.29) is 44.3 Å². The summed E-state index contributed by atoms with van der Waals surface area (Å²) >= 11 is 0. The average Bonchev–Trinajstić information content (AvgIpc) is 3.51. The normalized spacial score (nSPS) is 18.1. The third kappa shape index (κ3) is 5.16. The summed E-state index contributed by atoms with van der Waals surface area (Å²) in [6.45, 7) is 13.8. The van der Waals surface area contributed by atoms with Gasteiger partial charge in [0.05, 0.1) is 17.9 Å². The number of fused-ring (bicyclic) bond motifs is 4. The molecule has 45 heavy (non-hydrogen) atoms. The predicted molar refractivity (Wildman–Crippen MR) is 178 cm³/mol. The smallest absolute Gasteiger partial charge is 0.217 e. The maximum absolute atomic E-state index is 10.4. The van der Waals surface area contributed by atoms with Crippen LogP contribution in [-0.4, -0.2) is 22.0 Å². The molecular formula is C39H38N3O2Pt-. The quantitative estimate of drug-likeness (QED) is 0.175. The first kappa shape index (κ1) is 31.0. The summed E-state index contributed by atoms with van der Waals surface area (Å²) < 4.78 is 6.25. The van der Waals surface area contributed by atoms with Gasteiger partial charge in [0.2, 0.25) is 5.88 Å². The van der Waals surface area contributed by atoms with Crippen LogP contribution in [-0.2, 0) is 26.5 Å². The molecular weight excluding hydrogens is 738 g/mol. The fourth-order valence-corrected chi connectivity index (χ4v) is 7.15. The Hall–Kier alpha value is -3.95. The number of amidine groups is 1. The number of pyridine rings is 1. The summed E-state index contributed by atoms with van der Waals surface area (Å²) in [6, 6.07) is 34.2. The minimum Gasteiger partial charge on any atom is -0.506 e. The summed E-state index contributed by atoms with van der Waals surface area (Å²) in [6.07, 6.45) is 0. The summed E-state index contributed by atoms with van der Waals surface area (Å²) in [7, 11) is 0. The molecule has 7 rings (SSSR count). The summed E-state index contributed by atoms with van der Waals surface area (Å²) in [4.78, 5) is 12.6. The van der Waals surface area contributed by atoms with Gasteiger partial charge in [-0.15, -0.1) is 23.8 Å². The van der Waals surface area contributed by atoms with Crippen LogP contribution >= 0.6 is 0 Å². The molecule has 2 atom stereocenters. The molecule has 1 aliphatic heterocycles. The van der Waals surface area contributed by atoms with Gasteiger partial charge in [0.25, 0.3) is 0 Å². The monoisotopic (exact) mass is 775 g/mol. The second-order valence-electron chi connectivity index (χ2n) is 13.1. The molecule has 0 radical (unpaired) electrons. The molecule has 4 aromatic carbocycles. The van der Waals surface area contributed by atoms with Crippen molar-refractivity contribution in [3.63, 3.8) is 0 Å². The van der Waals surface area contributed by atoms with Crippen LogP contribution in [0.25, 0.3) is 10.9 Å². The van der Waals surface area contributed by atoms with E-state index < -0.39 is 0 Å². The Balaban J connectivity index is 0.00000357. The molecule has 6 heteroatoms. The third-order valence-corrected chi connectivity index (χ3v) is 9.26. The maximum Gasteiger partial charge on any atom is 0.217 e. The van der Waals surface area contributed by atoms with Gasteiger partial charge in [0.15, 0.2) is 0 Å². The van der Waals surface area contributed by atoms with Crippen molar-refractivity contribution in [1.29, 1.82) is 0 Å². The van der Waals surface area contributed by atoms with E-state index in [2.05, 4.69) is 106 Å². The molecule has 2 aliphatic rings. The molecule has 5 aromatic rings. The summed E-state index contributed by atoms with van der Waals surface area (Å²) in [5, 5.41) is 11.2. The van der Waals surface area contributed by atoms with Crippen molar-refractivity contribution in [3.8, 4) is 17.4 Å². The number of aliphatic imine (C=N–C) groups is 1. The number of ether oxygens (including phenoxy) is 1. The zero-order valence-electron chi connectivity index (χ0n) is 26.5. The van der Waals surface area contributed by atoms with Crippen molar-refractivity contribution >= 4 is 22.4 Å². The van der Waals surface area contributed by atoms with Crippen LogP contribution in [0.5, 0.6) is 17.4 Å². The number of hydrogen-bond donors (Lipinski definition) is 1. The van der Waals surface area contributed by atoms with Gasteiger partial charge >= 0.3 is 0 Å². The number of aromatic hydroxyl groups is 1. The Morgan fingerprint density at radius 2 is 1.51 bits per heavy atom. The molecule has 0 amide bonds. The van der Waals surface area contributed by atoms with Crippen molar-refractivity contribution in [2.24, 2.45) is 4.99 Å². The molecule has 0 fully saturated rings. The van der Waals surface area contributed by atoms with E-state index in [4.69, 9.17) is 9.73 Å². The van der Waals surface area contributed by atoms with Gasteiger partial charge in [0, 0.05) is 49.4 Å². The number of nitrogens with zero attached hydrogens (tertiary/aromatic N) is 3. The molecule has 0 spiro atoms. The van der Waals surface area contributed by atoms with Gasteiger partial charge in [-0.3, -0.25) is 0 Å². The van der Waals surface area contributed by atoms with Crippen LogP contribution in [0.2, 0.25) is 0 Å². The maximum atomic E-state index is 10.4. The number of benzene rings is 4. The number of phenolic OH excluding ortho intramolecular Hbond substituents is 1. The molecule has 1 aromatic heterocycles. The van der Waals surface area contributed by atoms with Crippen LogP contribution < -0.4 is 9.64 Å². The number of rotatable bonds is 6. The largest absolute Gasteiger partial charge is 0.506 e. The first-order valence-corrected chi connectivity index (χ1v) is 15.5. The molecule has 1 aliphatic carbocycles. The molecule has 0 bridgehead atoms. The minimum absolute atomic E-state index is 0. The number of phenols is 1. The summed E-state index contributed by atoms with van der Waals surface area (Å²) in [5.74, 6) is 2.66. The van der Waals surface area contributed by atoms with E-state index >= 15 is 0 Å². The van der Waals surface area contributed by atoms with Crippen molar-refractivity contribution in [2.45, 2.75) is 70.9 Å². The number of para-hydroxylation sites is 2. The Labute approximate surface area is 280 Å². The first-order chi connectivity index (χ1) is 21.1. The zero-order chi connectivity index (χ0) is 30.7. The number of anilines is 1. The summed E-state index contributed by atoms with van der Waals surface area (Å²) in [5.41, 5.74) is 7.81. The Bertz CT molecular complexity index is 1900. The second-order valence-corrected chi connectivity index (χ2v) is 13.1. The fourth-order valence-electron chi connectivity index (χ4n) is 7.15. The molecule has 0 saturated heterocycles. The third-order valence-electron chi connectivity index (χ3n) is 9.26. The van der Waals surface area contributed by atoms with E-state index in [9.17, 15) is 5.11 Å². The fraction of sp³-hybridized carbons (Fsp3) is 0.282. The van der Waals surface area contributed by atoms with Crippen molar-refractivity contribution < 1.29 is 30.9 Å². The van der Waals surface area contributed by atoms with Gasteiger partial charge in [-0.2, -0.15) is 0 Å². The molecule has 2 heterocycles. The van der Waals surface area contributed by atoms with Crippen LogP contribution in [0.1, 0.15) is 87.2 Å². The van der Waals surface area contributed by atoms with Crippen LogP contribution in [0.15, 0.2) is 96.0 Å². The topological polar surface area (TPSA) is 58.0 Å². The van der Waals surface area contributed by atoms with E-state index in [1.54, 1.807) is 6.07 Å². The predicted octanol–water partition coefficient (Wildman–Crippen LogP) is 9.45. The number of hydrogen-bond acceptors (Lipinski definition) is 5. The van der Waals surface area contributed by atoms with Crippen LogP contribution in [0.4, 0.5) is 5.69 Å². The Morgan fingerprint density at radius 1 is 0.822 bits per heavy atom. The van der Waals surface area contributed by atoms with E-state index in [1.165, 1.54) is 27.9 Å². The van der Waals surface area contributed by atoms with Crippen LogP contribution in [0.3, 0.4) is 0 Å². The molecule has 0 unspecified atom stereocenters. The van der Waals surface area contributed by atoms with E-state index in [0.29, 0.717) is 29.0 Å². The minimum atomic E-state index is -0.143. The molecule has 232 valence electrons. The van der Waals surface area contributed by atoms with Gasteiger partial charge in [-0.05, 0) is 46.2 Å². The SMILES string of the molecule is CC(C)c1cccc(C(C)C)c1N1C(c2[c-]c(Oc3ccc4cccc(O)c4n3)ccc2)=N[C@H]2c3ccccc3C(C)(C)[C@H]21.[Pt]. The number of aromatic nitrogens is 1. The van der Waals surface area contributed by atoms with Crippen molar-refractivity contribution in [2.75, 3.05) is 4.90 Å². The Morgan fingerprint density at radius 3 is 2.24 bits per heavy atom. The molecule has 1 N–H and O–H groups in total. The van der Waals surface area contributed by atoms with Crippen molar-refractivity contribution in [1.82, 2.24) is 4.98 Å².